The second kappa shape index (κ2) is 5.21. The van der Waals surface area contributed by atoms with Gasteiger partial charge < -0.3 is 4.74 Å². The first kappa shape index (κ1) is 13.1. The van der Waals surface area contributed by atoms with E-state index in [1.807, 2.05) is 18.7 Å². The molecule has 0 aromatic carbocycles. The van der Waals surface area contributed by atoms with Crippen molar-refractivity contribution in [3.05, 3.63) is 23.8 Å². The van der Waals surface area contributed by atoms with Crippen LogP contribution in [-0.2, 0) is 4.74 Å². The van der Waals surface area contributed by atoms with E-state index in [-0.39, 0.29) is 17.3 Å². The largest absolute Gasteiger partial charge is 0.374 e. The Labute approximate surface area is 117 Å². The molecule has 2 unspecified atom stereocenters. The van der Waals surface area contributed by atoms with Crippen molar-refractivity contribution in [2.24, 2.45) is 5.92 Å². The van der Waals surface area contributed by atoms with Crippen LogP contribution in [0.25, 0.3) is 0 Å². The molecule has 1 aromatic rings. The Morgan fingerprint density at radius 1 is 1.47 bits per heavy atom. The van der Waals surface area contributed by atoms with Crippen LogP contribution in [0.3, 0.4) is 0 Å². The van der Waals surface area contributed by atoms with E-state index >= 15 is 0 Å². The first-order chi connectivity index (χ1) is 9.19. The van der Waals surface area contributed by atoms with Gasteiger partial charge in [0.15, 0.2) is 5.82 Å². The highest BCUT2D eigenvalue weighted by molar-refractivity contribution is 7.99. The first-order valence-corrected chi connectivity index (χ1v) is 7.89. The average molecular weight is 278 g/mol. The second-order valence-electron chi connectivity index (χ2n) is 5.47. The van der Waals surface area contributed by atoms with Crippen LogP contribution in [0, 0.1) is 12.8 Å². The number of nitrogens with zero attached hydrogens (tertiary/aromatic N) is 2. The molecular weight excluding hydrogens is 260 g/mol. The average Bonchev–Trinajstić information content (AvgIpc) is 2.87. The summed E-state index contributed by atoms with van der Waals surface area (Å²) in [6.07, 6.45) is 6.11. The van der Waals surface area contributed by atoms with E-state index in [4.69, 9.17) is 4.74 Å². The number of rotatable bonds is 2. The number of ketones is 1. The molecule has 5 heteroatoms. The number of carbonyl (C=O) groups excluding carboxylic acids is 1. The van der Waals surface area contributed by atoms with Gasteiger partial charge in [0, 0.05) is 30.7 Å². The van der Waals surface area contributed by atoms with Crippen LogP contribution in [0.2, 0.25) is 0 Å². The molecule has 102 valence electrons. The summed E-state index contributed by atoms with van der Waals surface area (Å²) in [5.41, 5.74) is 0.917. The summed E-state index contributed by atoms with van der Waals surface area (Å²) in [6.45, 7) is 2.61. The van der Waals surface area contributed by atoms with E-state index in [2.05, 4.69) is 9.97 Å². The van der Waals surface area contributed by atoms with Crippen LogP contribution in [-0.4, -0.2) is 39.5 Å². The first-order valence-electron chi connectivity index (χ1n) is 6.73. The molecule has 4 nitrogen and oxygen atoms in total. The monoisotopic (exact) mass is 278 g/mol. The molecule has 0 radical (unpaired) electrons. The Hall–Kier alpha value is -0.940. The lowest BCUT2D eigenvalue weighted by Crippen LogP contribution is -2.42. The van der Waals surface area contributed by atoms with Crippen molar-refractivity contribution in [1.82, 2.24) is 9.97 Å². The molecule has 0 saturated carbocycles. The lowest BCUT2D eigenvalue weighted by Gasteiger charge is -2.36. The van der Waals surface area contributed by atoms with E-state index in [9.17, 15) is 4.79 Å². The van der Waals surface area contributed by atoms with E-state index < -0.39 is 0 Å². The fourth-order valence-corrected chi connectivity index (χ4v) is 4.20. The molecule has 0 bridgehead atoms. The molecule has 2 fully saturated rings. The molecular formula is C14H18N2O2S. The summed E-state index contributed by atoms with van der Waals surface area (Å²) >= 11 is 1.92. The number of aromatic nitrogens is 2. The van der Waals surface area contributed by atoms with Gasteiger partial charge in [-0.2, -0.15) is 11.8 Å². The van der Waals surface area contributed by atoms with E-state index in [0.717, 1.165) is 36.3 Å². The highest BCUT2D eigenvalue weighted by atomic mass is 32.2. The number of thioether (sulfide) groups is 1. The number of Topliss-reactive ketones (excluding diaryl/α,β-unsaturated/α-hetero) is 1. The molecule has 0 amide bonds. The number of hydrogen-bond donors (Lipinski definition) is 0. The highest BCUT2D eigenvalue weighted by Crippen LogP contribution is 2.40. The lowest BCUT2D eigenvalue weighted by molar-refractivity contribution is -0.0735. The molecule has 2 atom stereocenters. The van der Waals surface area contributed by atoms with Crippen molar-refractivity contribution >= 4 is 17.5 Å². The SMILES string of the molecule is Cc1cnc(C(=O)C2CCOC3(CCSC3)C2)nc1. The molecule has 19 heavy (non-hydrogen) atoms. The van der Waals surface area contributed by atoms with Gasteiger partial charge in [-0.15, -0.1) is 0 Å². The maximum Gasteiger partial charge on any atom is 0.203 e. The molecule has 0 N–H and O–H groups in total. The normalized spacial score (nSPS) is 30.7. The fourth-order valence-electron chi connectivity index (χ4n) is 2.82. The molecule has 0 aliphatic carbocycles. The summed E-state index contributed by atoms with van der Waals surface area (Å²) in [4.78, 5) is 20.8. The highest BCUT2D eigenvalue weighted by Gasteiger charge is 2.42. The quantitative estimate of drug-likeness (QED) is 0.777. The maximum atomic E-state index is 12.5. The van der Waals surface area contributed by atoms with Crippen LogP contribution in [0.1, 0.15) is 35.4 Å². The third-order valence-corrected chi connectivity index (χ3v) is 5.16. The summed E-state index contributed by atoms with van der Waals surface area (Å²) in [5, 5.41) is 0. The van der Waals surface area contributed by atoms with Crippen molar-refractivity contribution < 1.29 is 9.53 Å². The minimum atomic E-state index is -0.0616. The van der Waals surface area contributed by atoms with Crippen molar-refractivity contribution in [3.63, 3.8) is 0 Å². The number of ether oxygens (including phenoxy) is 1. The Kier molecular flexibility index (Phi) is 3.58. The Bertz CT molecular complexity index is 469. The van der Waals surface area contributed by atoms with Crippen LogP contribution in [0.15, 0.2) is 12.4 Å². The van der Waals surface area contributed by atoms with Gasteiger partial charge in [-0.25, -0.2) is 9.97 Å². The van der Waals surface area contributed by atoms with Gasteiger partial charge >= 0.3 is 0 Å². The summed E-state index contributed by atoms with van der Waals surface area (Å²) in [5.74, 6) is 2.63. The molecule has 2 aliphatic rings. The lowest BCUT2D eigenvalue weighted by atomic mass is 9.83. The second-order valence-corrected chi connectivity index (χ2v) is 6.58. The van der Waals surface area contributed by atoms with Gasteiger partial charge in [0.05, 0.1) is 5.60 Å². The van der Waals surface area contributed by atoms with Gasteiger partial charge in [0.2, 0.25) is 5.78 Å². The molecule has 3 heterocycles. The summed E-state index contributed by atoms with van der Waals surface area (Å²) in [7, 11) is 0. The van der Waals surface area contributed by atoms with Crippen LogP contribution >= 0.6 is 11.8 Å². The molecule has 1 aromatic heterocycles. The van der Waals surface area contributed by atoms with Crippen LogP contribution in [0.4, 0.5) is 0 Å². The van der Waals surface area contributed by atoms with Gasteiger partial charge in [-0.1, -0.05) is 0 Å². The molecule has 2 saturated heterocycles. The predicted molar refractivity (Wildman–Crippen MR) is 74.4 cm³/mol. The number of hydrogen-bond acceptors (Lipinski definition) is 5. The minimum absolute atomic E-state index is 0.0233. The zero-order valence-corrected chi connectivity index (χ0v) is 11.9. The fraction of sp³-hybridized carbons (Fsp3) is 0.643. The smallest absolute Gasteiger partial charge is 0.203 e. The van der Waals surface area contributed by atoms with Gasteiger partial charge in [-0.3, -0.25) is 4.79 Å². The maximum absolute atomic E-state index is 12.5. The summed E-state index contributed by atoms with van der Waals surface area (Å²) in [6, 6.07) is 0. The molecule has 1 spiro atoms. The molecule has 2 aliphatic heterocycles. The van der Waals surface area contributed by atoms with Gasteiger partial charge in [-0.05, 0) is 37.5 Å². The van der Waals surface area contributed by atoms with E-state index in [0.29, 0.717) is 12.4 Å². The van der Waals surface area contributed by atoms with Crippen LogP contribution in [0.5, 0.6) is 0 Å². The zero-order valence-electron chi connectivity index (χ0n) is 11.1. The Morgan fingerprint density at radius 2 is 2.26 bits per heavy atom. The van der Waals surface area contributed by atoms with E-state index in [1.165, 1.54) is 0 Å². The van der Waals surface area contributed by atoms with E-state index in [1.54, 1.807) is 12.4 Å². The van der Waals surface area contributed by atoms with Gasteiger partial charge in [0.1, 0.15) is 0 Å². The standard InChI is InChI=1S/C14H18N2O2S/c1-10-7-15-13(16-8-10)12(17)11-2-4-18-14(6-11)3-5-19-9-14/h7-8,11H,2-6,9H2,1H3. The Morgan fingerprint density at radius 3 is 2.95 bits per heavy atom. The third kappa shape index (κ3) is 2.67. The number of carbonyl (C=O) groups is 1. The minimum Gasteiger partial charge on any atom is -0.374 e. The van der Waals surface area contributed by atoms with Crippen molar-refractivity contribution in [1.29, 1.82) is 0 Å². The topological polar surface area (TPSA) is 52.1 Å². The van der Waals surface area contributed by atoms with Crippen molar-refractivity contribution in [2.45, 2.75) is 31.8 Å². The molecule has 3 rings (SSSR count). The third-order valence-electron chi connectivity index (χ3n) is 3.93. The Balaban J connectivity index is 1.74. The van der Waals surface area contributed by atoms with Crippen molar-refractivity contribution in [2.75, 3.05) is 18.1 Å². The van der Waals surface area contributed by atoms with Gasteiger partial charge in [0.25, 0.3) is 0 Å². The summed E-state index contributed by atoms with van der Waals surface area (Å²) < 4.78 is 5.95. The van der Waals surface area contributed by atoms with Crippen molar-refractivity contribution in [3.8, 4) is 0 Å². The van der Waals surface area contributed by atoms with Crippen LogP contribution < -0.4 is 0 Å². The number of aryl methyl sites for hydroxylation is 1. The zero-order chi connectivity index (χ0) is 13.3. The predicted octanol–water partition coefficient (Wildman–Crippen LogP) is 2.27.